The fraction of sp³-hybridized carbons (Fsp3) is 0.560. The van der Waals surface area contributed by atoms with Gasteiger partial charge in [-0.2, -0.15) is 0 Å². The van der Waals surface area contributed by atoms with Gasteiger partial charge in [0.25, 0.3) is 5.56 Å². The van der Waals surface area contributed by atoms with Gasteiger partial charge >= 0.3 is 5.97 Å². The highest BCUT2D eigenvalue weighted by Crippen LogP contribution is 2.40. The van der Waals surface area contributed by atoms with Gasteiger partial charge in [-0.1, -0.05) is 44.1 Å². The molecule has 1 aromatic heterocycles. The maximum atomic E-state index is 13.0. The smallest absolute Gasteiger partial charge is 0.360 e. The standard InChI is InChI=1S/C25H33N3O3/c1-4-17-14-18(5-2)16-25(3,15-17)27-12-10-19(11-13-27)28-21-9-7-6-8-20(21)26-22(23(28)29)24(30)31/h6-9,15,18-19H,4-5,10-14,16H2,1-3H3,(H,30,31)/t18-,25?/m1/s1. The fourth-order valence-electron chi connectivity index (χ4n) is 5.63. The number of nitrogens with zero attached hydrogens (tertiary/aromatic N) is 3. The van der Waals surface area contributed by atoms with Crippen molar-refractivity contribution >= 4 is 17.0 Å². The lowest BCUT2D eigenvalue weighted by atomic mass is 9.75. The Bertz CT molecular complexity index is 1070. The molecule has 2 heterocycles. The van der Waals surface area contributed by atoms with Gasteiger partial charge in [-0.05, 0) is 57.1 Å². The second-order valence-corrected chi connectivity index (χ2v) is 9.34. The van der Waals surface area contributed by atoms with Crippen LogP contribution in [-0.4, -0.2) is 44.2 Å². The number of carboxylic acids is 1. The highest BCUT2D eigenvalue weighted by molar-refractivity contribution is 5.88. The van der Waals surface area contributed by atoms with E-state index in [1.165, 1.54) is 19.3 Å². The van der Waals surface area contributed by atoms with E-state index in [0.29, 0.717) is 5.52 Å². The van der Waals surface area contributed by atoms with Crippen LogP contribution in [0, 0.1) is 5.92 Å². The summed E-state index contributed by atoms with van der Waals surface area (Å²) in [5, 5.41) is 9.50. The number of aromatic nitrogens is 2. The molecule has 1 aromatic carbocycles. The summed E-state index contributed by atoms with van der Waals surface area (Å²) in [6, 6.07) is 7.33. The van der Waals surface area contributed by atoms with Crippen LogP contribution in [0.15, 0.2) is 40.7 Å². The van der Waals surface area contributed by atoms with E-state index >= 15 is 0 Å². The summed E-state index contributed by atoms with van der Waals surface area (Å²) in [4.78, 5) is 31.3. The molecule has 0 spiro atoms. The summed E-state index contributed by atoms with van der Waals surface area (Å²) >= 11 is 0. The molecule has 1 saturated heterocycles. The number of likely N-dealkylation sites (tertiary alicyclic amines) is 1. The summed E-state index contributed by atoms with van der Waals surface area (Å²) in [6.07, 6.45) is 8.87. The largest absolute Gasteiger partial charge is 0.476 e. The quantitative estimate of drug-likeness (QED) is 0.709. The Hall–Kier alpha value is -2.47. The minimum absolute atomic E-state index is 0.0152. The van der Waals surface area contributed by atoms with E-state index in [0.717, 1.165) is 43.8 Å². The second kappa shape index (κ2) is 8.58. The third-order valence-electron chi connectivity index (χ3n) is 7.35. The highest BCUT2D eigenvalue weighted by atomic mass is 16.4. The minimum Gasteiger partial charge on any atom is -0.476 e. The van der Waals surface area contributed by atoms with Crippen LogP contribution in [0.1, 0.15) is 75.8 Å². The molecule has 4 rings (SSSR count). The summed E-state index contributed by atoms with van der Waals surface area (Å²) in [5.74, 6) is -0.535. The van der Waals surface area contributed by atoms with Gasteiger partial charge in [0, 0.05) is 24.7 Å². The molecule has 31 heavy (non-hydrogen) atoms. The Kier molecular flexibility index (Phi) is 6.02. The van der Waals surface area contributed by atoms with Crippen molar-refractivity contribution in [3.8, 4) is 0 Å². The first-order chi connectivity index (χ1) is 14.9. The maximum Gasteiger partial charge on any atom is 0.360 e. The van der Waals surface area contributed by atoms with Gasteiger partial charge in [0.2, 0.25) is 5.69 Å². The van der Waals surface area contributed by atoms with E-state index in [4.69, 9.17) is 0 Å². The summed E-state index contributed by atoms with van der Waals surface area (Å²) < 4.78 is 1.69. The first-order valence-electron chi connectivity index (χ1n) is 11.6. The van der Waals surface area contributed by atoms with Crippen LogP contribution in [0.4, 0.5) is 0 Å². The topological polar surface area (TPSA) is 75.4 Å². The molecule has 0 amide bonds. The minimum atomic E-state index is -1.26. The Morgan fingerprint density at radius 3 is 2.58 bits per heavy atom. The zero-order valence-corrected chi connectivity index (χ0v) is 18.8. The average molecular weight is 424 g/mol. The predicted molar refractivity (Wildman–Crippen MR) is 123 cm³/mol. The molecule has 0 saturated carbocycles. The molecule has 1 aliphatic heterocycles. The number of allylic oxidation sites excluding steroid dienone is 1. The number of benzene rings is 1. The number of para-hydroxylation sites is 2. The molecule has 1 fully saturated rings. The molecule has 1 unspecified atom stereocenters. The van der Waals surface area contributed by atoms with E-state index < -0.39 is 11.5 Å². The van der Waals surface area contributed by atoms with Crippen LogP contribution in [0.5, 0.6) is 0 Å². The summed E-state index contributed by atoms with van der Waals surface area (Å²) in [7, 11) is 0. The fourth-order valence-corrected chi connectivity index (χ4v) is 5.63. The number of hydrogen-bond donors (Lipinski definition) is 1. The predicted octanol–water partition coefficient (Wildman–Crippen LogP) is 4.65. The third kappa shape index (κ3) is 4.05. The number of aromatic carboxylic acids is 1. The van der Waals surface area contributed by atoms with Crippen LogP contribution in [0.25, 0.3) is 11.0 Å². The number of hydrogen-bond acceptors (Lipinski definition) is 4. The Balaban J connectivity index is 1.63. The van der Waals surface area contributed by atoms with Gasteiger partial charge in [-0.25, -0.2) is 9.78 Å². The van der Waals surface area contributed by atoms with E-state index in [-0.39, 0.29) is 17.3 Å². The monoisotopic (exact) mass is 423 g/mol. The Morgan fingerprint density at radius 2 is 1.94 bits per heavy atom. The molecule has 0 radical (unpaired) electrons. The summed E-state index contributed by atoms with van der Waals surface area (Å²) in [5.41, 5.74) is 2.02. The zero-order chi connectivity index (χ0) is 22.2. The number of piperidine rings is 1. The molecule has 0 bridgehead atoms. The second-order valence-electron chi connectivity index (χ2n) is 9.34. The van der Waals surface area contributed by atoms with Crippen molar-refractivity contribution in [1.82, 2.24) is 14.5 Å². The van der Waals surface area contributed by atoms with Gasteiger partial charge in [-0.3, -0.25) is 9.69 Å². The van der Waals surface area contributed by atoms with E-state index in [1.54, 1.807) is 16.2 Å². The average Bonchev–Trinajstić information content (AvgIpc) is 2.78. The molecule has 2 atom stereocenters. The molecule has 2 aliphatic rings. The summed E-state index contributed by atoms with van der Waals surface area (Å²) in [6.45, 7) is 8.70. The SMILES string of the molecule is CCC1=CC(C)(N2CCC(n3c(=O)c(C(=O)O)nc4ccccc43)CC2)C[C@H](CC)C1. The Labute approximate surface area is 183 Å². The molecule has 166 valence electrons. The van der Waals surface area contributed by atoms with Gasteiger partial charge in [-0.15, -0.1) is 0 Å². The lowest BCUT2D eigenvalue weighted by Crippen LogP contribution is -2.52. The van der Waals surface area contributed by atoms with Gasteiger partial charge in [0.05, 0.1) is 11.0 Å². The van der Waals surface area contributed by atoms with Crippen molar-refractivity contribution in [2.45, 2.75) is 70.9 Å². The number of fused-ring (bicyclic) bond motifs is 1. The van der Waals surface area contributed by atoms with Gasteiger partial charge in [0.15, 0.2) is 0 Å². The molecular formula is C25H33N3O3. The lowest BCUT2D eigenvalue weighted by Gasteiger charge is -2.48. The lowest BCUT2D eigenvalue weighted by molar-refractivity contribution is 0.0677. The number of rotatable bonds is 5. The normalized spacial score (nSPS) is 25.5. The van der Waals surface area contributed by atoms with Crippen molar-refractivity contribution in [2.75, 3.05) is 13.1 Å². The van der Waals surface area contributed by atoms with Crippen LogP contribution >= 0.6 is 0 Å². The van der Waals surface area contributed by atoms with E-state index in [9.17, 15) is 14.7 Å². The first kappa shape index (κ1) is 21.8. The Morgan fingerprint density at radius 1 is 1.23 bits per heavy atom. The van der Waals surface area contributed by atoms with Gasteiger partial charge in [0.1, 0.15) is 0 Å². The van der Waals surface area contributed by atoms with Crippen molar-refractivity contribution in [3.05, 3.63) is 52.0 Å². The van der Waals surface area contributed by atoms with E-state index in [1.807, 2.05) is 18.2 Å². The molecule has 6 heteroatoms. The van der Waals surface area contributed by atoms with Crippen molar-refractivity contribution in [1.29, 1.82) is 0 Å². The molecular weight excluding hydrogens is 390 g/mol. The van der Waals surface area contributed by atoms with Crippen molar-refractivity contribution < 1.29 is 9.90 Å². The number of carboxylic acid groups (broad SMARTS) is 1. The molecule has 6 nitrogen and oxygen atoms in total. The van der Waals surface area contributed by atoms with Crippen LogP contribution in [-0.2, 0) is 0 Å². The maximum absolute atomic E-state index is 13.0. The van der Waals surface area contributed by atoms with Crippen molar-refractivity contribution in [3.63, 3.8) is 0 Å². The van der Waals surface area contributed by atoms with Crippen LogP contribution in [0.3, 0.4) is 0 Å². The van der Waals surface area contributed by atoms with Gasteiger partial charge < -0.3 is 9.67 Å². The zero-order valence-electron chi connectivity index (χ0n) is 18.8. The highest BCUT2D eigenvalue weighted by Gasteiger charge is 2.38. The number of carbonyl (C=O) groups is 1. The molecule has 1 aliphatic carbocycles. The first-order valence-corrected chi connectivity index (χ1v) is 11.6. The van der Waals surface area contributed by atoms with Crippen LogP contribution in [0.2, 0.25) is 0 Å². The van der Waals surface area contributed by atoms with E-state index in [2.05, 4.69) is 36.7 Å². The third-order valence-corrected chi connectivity index (χ3v) is 7.35. The van der Waals surface area contributed by atoms with Crippen molar-refractivity contribution in [2.24, 2.45) is 5.92 Å². The molecule has 1 N–H and O–H groups in total. The molecule has 2 aromatic rings. The van der Waals surface area contributed by atoms with Crippen LogP contribution < -0.4 is 5.56 Å².